The Bertz CT molecular complexity index is 935. The van der Waals surface area contributed by atoms with Gasteiger partial charge in [0.2, 0.25) is 0 Å². The number of hydrogen-bond donors (Lipinski definition) is 1. The summed E-state index contributed by atoms with van der Waals surface area (Å²) in [6.07, 6.45) is 0.0827. The first-order chi connectivity index (χ1) is 13.6. The van der Waals surface area contributed by atoms with Crippen molar-refractivity contribution in [3.8, 4) is 16.3 Å². The minimum Gasteiger partial charge on any atom is -0.494 e. The number of carboxylic acids is 1. The molecule has 1 N–H and O–H groups in total. The average molecular weight is 395 g/mol. The second-order valence-corrected chi connectivity index (χ2v) is 7.18. The van der Waals surface area contributed by atoms with Crippen LogP contribution < -0.4 is 4.74 Å². The molecule has 6 heteroatoms. The van der Waals surface area contributed by atoms with Crippen molar-refractivity contribution in [2.24, 2.45) is 0 Å². The molecule has 0 radical (unpaired) electrons. The highest BCUT2D eigenvalue weighted by molar-refractivity contribution is 7.13. The first kappa shape index (κ1) is 19.8. The third kappa shape index (κ3) is 5.04. The van der Waals surface area contributed by atoms with Crippen LogP contribution in [0.2, 0.25) is 0 Å². The zero-order valence-electron chi connectivity index (χ0n) is 15.5. The van der Waals surface area contributed by atoms with Gasteiger partial charge in [-0.15, -0.1) is 11.3 Å². The summed E-state index contributed by atoms with van der Waals surface area (Å²) in [5.41, 5.74) is 2.26. The van der Waals surface area contributed by atoms with Gasteiger partial charge < -0.3 is 9.84 Å². The number of ketones is 1. The van der Waals surface area contributed by atoms with E-state index in [4.69, 9.17) is 4.74 Å². The number of carboxylic acid groups (broad SMARTS) is 1. The summed E-state index contributed by atoms with van der Waals surface area (Å²) in [6.45, 7) is 2.55. The Hall–Kier alpha value is -2.99. The molecule has 3 aromatic rings. The molecule has 0 saturated heterocycles. The zero-order valence-corrected chi connectivity index (χ0v) is 16.3. The Kier molecular flexibility index (Phi) is 6.55. The van der Waals surface area contributed by atoms with Gasteiger partial charge in [0.05, 0.1) is 18.2 Å². The summed E-state index contributed by atoms with van der Waals surface area (Å²) >= 11 is 1.46. The van der Waals surface area contributed by atoms with Crippen LogP contribution in [0.3, 0.4) is 0 Å². The van der Waals surface area contributed by atoms with E-state index in [1.165, 1.54) is 11.3 Å². The van der Waals surface area contributed by atoms with E-state index in [-0.39, 0.29) is 18.6 Å². The van der Waals surface area contributed by atoms with E-state index in [0.29, 0.717) is 17.9 Å². The number of carbonyl (C=O) groups is 2. The number of rotatable bonds is 9. The molecule has 0 aliphatic carbocycles. The molecule has 28 heavy (non-hydrogen) atoms. The molecule has 1 heterocycles. The highest BCUT2D eigenvalue weighted by Crippen LogP contribution is 2.27. The summed E-state index contributed by atoms with van der Waals surface area (Å²) in [5, 5.41) is 12.2. The van der Waals surface area contributed by atoms with Gasteiger partial charge in [-0.1, -0.05) is 30.3 Å². The van der Waals surface area contributed by atoms with Crippen molar-refractivity contribution in [1.82, 2.24) is 4.98 Å². The minimum absolute atomic E-state index is 0.0464. The van der Waals surface area contributed by atoms with Crippen molar-refractivity contribution in [3.05, 3.63) is 71.2 Å². The zero-order chi connectivity index (χ0) is 19.9. The largest absolute Gasteiger partial charge is 0.494 e. The Labute approximate surface area is 167 Å². The van der Waals surface area contributed by atoms with Gasteiger partial charge in [-0.25, -0.2) is 4.98 Å². The van der Waals surface area contributed by atoms with Gasteiger partial charge in [-0.3, -0.25) is 9.59 Å². The summed E-state index contributed by atoms with van der Waals surface area (Å²) < 4.78 is 5.44. The van der Waals surface area contributed by atoms with Crippen LogP contribution in [0.5, 0.6) is 5.75 Å². The normalized spacial score (nSPS) is 11.8. The summed E-state index contributed by atoms with van der Waals surface area (Å²) in [6, 6.07) is 16.5. The molecule has 0 bridgehead atoms. The molecule has 144 valence electrons. The first-order valence-corrected chi connectivity index (χ1v) is 9.92. The molecule has 0 aliphatic heterocycles. The SMILES string of the molecule is CCOc1ccc(-c2nc(CC(=O)CC(C(=O)O)c3ccccc3)cs2)cc1. The lowest BCUT2D eigenvalue weighted by atomic mass is 9.93. The fraction of sp³-hybridized carbons (Fsp3) is 0.227. The second-order valence-electron chi connectivity index (χ2n) is 6.32. The summed E-state index contributed by atoms with van der Waals surface area (Å²) in [7, 11) is 0. The predicted molar refractivity (Wildman–Crippen MR) is 109 cm³/mol. The van der Waals surface area contributed by atoms with Gasteiger partial charge in [-0.2, -0.15) is 0 Å². The van der Waals surface area contributed by atoms with Gasteiger partial charge >= 0.3 is 5.97 Å². The Balaban J connectivity index is 1.65. The average Bonchev–Trinajstić information content (AvgIpc) is 3.16. The maximum atomic E-state index is 12.4. The molecule has 5 nitrogen and oxygen atoms in total. The van der Waals surface area contributed by atoms with Crippen molar-refractivity contribution < 1.29 is 19.4 Å². The van der Waals surface area contributed by atoms with Gasteiger partial charge in [0.15, 0.2) is 0 Å². The van der Waals surface area contributed by atoms with Gasteiger partial charge in [0, 0.05) is 23.8 Å². The molecular weight excluding hydrogens is 374 g/mol. The van der Waals surface area contributed by atoms with Gasteiger partial charge in [-0.05, 0) is 36.8 Å². The number of thiazole rings is 1. The second kappa shape index (κ2) is 9.28. The third-order valence-electron chi connectivity index (χ3n) is 4.27. The third-order valence-corrected chi connectivity index (χ3v) is 5.21. The predicted octanol–water partition coefficient (Wildman–Crippen LogP) is 4.58. The fourth-order valence-corrected chi connectivity index (χ4v) is 3.74. The van der Waals surface area contributed by atoms with E-state index < -0.39 is 11.9 Å². The molecule has 2 aromatic carbocycles. The van der Waals surface area contributed by atoms with Crippen LogP contribution in [0, 0.1) is 0 Å². The number of aromatic nitrogens is 1. The van der Waals surface area contributed by atoms with Crippen LogP contribution in [-0.2, 0) is 16.0 Å². The monoisotopic (exact) mass is 395 g/mol. The highest BCUT2D eigenvalue weighted by atomic mass is 32.1. The van der Waals surface area contributed by atoms with Crippen molar-refractivity contribution >= 4 is 23.1 Å². The molecule has 1 unspecified atom stereocenters. The fourth-order valence-electron chi connectivity index (χ4n) is 2.92. The molecular formula is C22H21NO4S. The summed E-state index contributed by atoms with van der Waals surface area (Å²) in [4.78, 5) is 28.6. The Morgan fingerprint density at radius 3 is 2.46 bits per heavy atom. The van der Waals surface area contributed by atoms with Crippen molar-refractivity contribution in [3.63, 3.8) is 0 Å². The highest BCUT2D eigenvalue weighted by Gasteiger charge is 2.23. The van der Waals surface area contributed by atoms with Crippen LogP contribution in [0.1, 0.15) is 30.5 Å². The number of benzene rings is 2. The lowest BCUT2D eigenvalue weighted by Crippen LogP contribution is -2.17. The Morgan fingerprint density at radius 2 is 1.82 bits per heavy atom. The van der Waals surface area contributed by atoms with Crippen LogP contribution in [0.15, 0.2) is 60.0 Å². The number of Topliss-reactive ketones (excluding diaryl/α,β-unsaturated/α-hetero) is 1. The number of aliphatic carboxylic acids is 1. The molecule has 0 saturated carbocycles. The smallest absolute Gasteiger partial charge is 0.311 e. The lowest BCUT2D eigenvalue weighted by molar-refractivity contribution is -0.140. The molecule has 1 atom stereocenters. The number of carbonyl (C=O) groups excluding carboxylic acids is 1. The molecule has 1 aromatic heterocycles. The molecule has 0 aliphatic rings. The topological polar surface area (TPSA) is 76.5 Å². The van der Waals surface area contributed by atoms with Gasteiger partial charge in [0.25, 0.3) is 0 Å². The number of ether oxygens (including phenoxy) is 1. The van der Waals surface area contributed by atoms with Gasteiger partial charge in [0.1, 0.15) is 16.5 Å². The molecule has 0 spiro atoms. The molecule has 0 fully saturated rings. The number of hydrogen-bond acceptors (Lipinski definition) is 5. The van der Waals surface area contributed by atoms with E-state index in [1.807, 2.05) is 42.6 Å². The van der Waals surface area contributed by atoms with Crippen LogP contribution in [0.25, 0.3) is 10.6 Å². The lowest BCUT2D eigenvalue weighted by Gasteiger charge is -2.11. The van der Waals surface area contributed by atoms with Crippen molar-refractivity contribution in [2.45, 2.75) is 25.7 Å². The minimum atomic E-state index is -0.993. The van der Waals surface area contributed by atoms with E-state index in [9.17, 15) is 14.7 Å². The maximum Gasteiger partial charge on any atom is 0.311 e. The van der Waals surface area contributed by atoms with Crippen molar-refractivity contribution in [1.29, 1.82) is 0 Å². The van der Waals surface area contributed by atoms with Crippen LogP contribution in [-0.4, -0.2) is 28.4 Å². The van der Waals surface area contributed by atoms with Crippen LogP contribution >= 0.6 is 11.3 Å². The molecule has 0 amide bonds. The standard InChI is InChI=1S/C22H21NO4S/c1-2-27-19-10-8-16(9-11-19)21-23-17(14-28-21)12-18(24)13-20(22(25)26)15-6-4-3-5-7-15/h3-11,14,20H,2,12-13H2,1H3,(H,25,26). The van der Waals surface area contributed by atoms with E-state index in [2.05, 4.69) is 4.98 Å². The number of nitrogens with zero attached hydrogens (tertiary/aromatic N) is 1. The first-order valence-electron chi connectivity index (χ1n) is 9.04. The Morgan fingerprint density at radius 1 is 1.11 bits per heavy atom. The quantitative estimate of drug-likeness (QED) is 0.574. The van der Waals surface area contributed by atoms with Crippen molar-refractivity contribution in [2.75, 3.05) is 6.61 Å². The van der Waals surface area contributed by atoms with E-state index in [0.717, 1.165) is 16.3 Å². The van der Waals surface area contributed by atoms with Crippen LogP contribution in [0.4, 0.5) is 0 Å². The summed E-state index contributed by atoms with van der Waals surface area (Å²) in [5.74, 6) is -1.16. The van der Waals surface area contributed by atoms with E-state index in [1.54, 1.807) is 24.3 Å². The maximum absolute atomic E-state index is 12.4. The van der Waals surface area contributed by atoms with E-state index >= 15 is 0 Å². The molecule has 3 rings (SSSR count).